The molecular weight excluding hydrogens is 488 g/mol. The second-order valence-corrected chi connectivity index (χ2v) is 8.02. The van der Waals surface area contributed by atoms with Crippen LogP contribution in [0.3, 0.4) is 0 Å². The number of rotatable bonds is 4. The first kappa shape index (κ1) is 31.5. The van der Waals surface area contributed by atoms with Gasteiger partial charge < -0.3 is 20.6 Å². The van der Waals surface area contributed by atoms with Gasteiger partial charge in [-0.3, -0.25) is 19.6 Å². The average Bonchev–Trinajstić information content (AvgIpc) is 2.92. The first-order chi connectivity index (χ1) is 18.1. The zero-order valence-electron chi connectivity index (χ0n) is 21.8. The van der Waals surface area contributed by atoms with Crippen molar-refractivity contribution in [2.75, 3.05) is 0 Å². The standard InChI is InChI=1S/C7H9NO2.C7H7NO2.C7H9NO.C7H7NO/c2*1-6-4-7(5-9)2-3-8(6)10;2*1-6-4-7(5-9)2-3-8-6/h2-4,9H,5H2,1H3;2-5H,1H3;2-4,9H,5H2,1H3;2-5H,1H3. The number of aliphatic hydroxyl groups is 2. The summed E-state index contributed by atoms with van der Waals surface area (Å²) in [5, 5.41) is 38.7. The lowest BCUT2D eigenvalue weighted by Crippen LogP contribution is -2.29. The van der Waals surface area contributed by atoms with Gasteiger partial charge in [0.1, 0.15) is 6.29 Å². The molecule has 0 aliphatic rings. The van der Waals surface area contributed by atoms with E-state index in [2.05, 4.69) is 9.97 Å². The maximum Gasteiger partial charge on any atom is 0.190 e. The summed E-state index contributed by atoms with van der Waals surface area (Å²) in [5.74, 6) is 0. The van der Waals surface area contributed by atoms with Crippen LogP contribution in [-0.2, 0) is 13.2 Å². The van der Waals surface area contributed by atoms with Gasteiger partial charge in [-0.1, -0.05) is 0 Å². The van der Waals surface area contributed by atoms with Crippen LogP contribution in [0.5, 0.6) is 0 Å². The summed E-state index contributed by atoms with van der Waals surface area (Å²) in [5.41, 5.74) is 5.86. The van der Waals surface area contributed by atoms with Gasteiger partial charge in [-0.2, -0.15) is 9.46 Å². The number of nitrogens with zero attached hydrogens (tertiary/aromatic N) is 4. The van der Waals surface area contributed by atoms with Gasteiger partial charge in [0.2, 0.25) is 0 Å². The van der Waals surface area contributed by atoms with E-state index in [0.29, 0.717) is 33.5 Å². The van der Waals surface area contributed by atoms with Crippen LogP contribution in [0.2, 0.25) is 0 Å². The van der Waals surface area contributed by atoms with Crippen molar-refractivity contribution < 1.29 is 29.3 Å². The molecule has 4 rings (SSSR count). The fourth-order valence-corrected chi connectivity index (χ4v) is 2.80. The Morgan fingerprint density at radius 2 is 1.16 bits per heavy atom. The highest BCUT2D eigenvalue weighted by Gasteiger charge is 1.99. The number of aryl methyl sites for hydroxylation is 4. The first-order valence-corrected chi connectivity index (χ1v) is 11.5. The average molecular weight is 521 g/mol. The van der Waals surface area contributed by atoms with Crippen LogP contribution in [0.4, 0.5) is 0 Å². The van der Waals surface area contributed by atoms with Crippen LogP contribution in [0.1, 0.15) is 54.6 Å². The van der Waals surface area contributed by atoms with Crippen LogP contribution in [0, 0.1) is 38.1 Å². The van der Waals surface area contributed by atoms with Crippen molar-refractivity contribution >= 4 is 12.6 Å². The Balaban J connectivity index is 0.000000254. The van der Waals surface area contributed by atoms with Crippen molar-refractivity contribution in [1.82, 2.24) is 9.97 Å². The number of hydrogen-bond acceptors (Lipinski definition) is 8. The zero-order chi connectivity index (χ0) is 28.5. The SMILES string of the molecule is Cc1cc(C=O)cc[n+]1[O-].Cc1cc(C=O)ccn1.Cc1cc(CO)cc[n+]1[O-].Cc1cc(CO)ccn1. The summed E-state index contributed by atoms with van der Waals surface area (Å²) in [6.07, 6.45) is 7.56. The molecule has 4 aromatic rings. The minimum Gasteiger partial charge on any atom is -0.619 e. The Morgan fingerprint density at radius 3 is 1.58 bits per heavy atom. The molecule has 10 heteroatoms. The molecule has 0 aliphatic carbocycles. The molecule has 38 heavy (non-hydrogen) atoms. The number of carbonyl (C=O) groups is 2. The minimum atomic E-state index is -0.0122. The number of carbonyl (C=O) groups excluding carboxylic acids is 2. The van der Waals surface area contributed by atoms with E-state index in [1.807, 2.05) is 19.9 Å². The van der Waals surface area contributed by atoms with Gasteiger partial charge in [0.25, 0.3) is 0 Å². The highest BCUT2D eigenvalue weighted by Crippen LogP contribution is 1.99. The molecule has 0 saturated carbocycles. The summed E-state index contributed by atoms with van der Waals surface area (Å²) in [7, 11) is 0. The molecule has 200 valence electrons. The summed E-state index contributed by atoms with van der Waals surface area (Å²) in [6.45, 7) is 7.20. The number of aliphatic hydroxyl groups excluding tert-OH is 2. The lowest BCUT2D eigenvalue weighted by atomic mass is 10.2. The summed E-state index contributed by atoms with van der Waals surface area (Å²) < 4.78 is 1.48. The van der Waals surface area contributed by atoms with Crippen LogP contribution in [-0.4, -0.2) is 32.8 Å². The number of aromatic nitrogens is 4. The summed E-state index contributed by atoms with van der Waals surface area (Å²) >= 11 is 0. The molecule has 4 aromatic heterocycles. The van der Waals surface area contributed by atoms with E-state index in [1.165, 1.54) is 18.5 Å². The monoisotopic (exact) mass is 520 g/mol. The highest BCUT2D eigenvalue weighted by atomic mass is 16.5. The predicted molar refractivity (Wildman–Crippen MR) is 141 cm³/mol. The van der Waals surface area contributed by atoms with Gasteiger partial charge in [0, 0.05) is 73.0 Å². The quantitative estimate of drug-likeness (QED) is 0.236. The fourth-order valence-electron chi connectivity index (χ4n) is 2.80. The number of hydrogen-bond donors (Lipinski definition) is 2. The normalized spacial score (nSPS) is 9.42. The van der Waals surface area contributed by atoms with Crippen molar-refractivity contribution in [3.63, 3.8) is 0 Å². The topological polar surface area (TPSA) is 154 Å². The molecule has 2 N–H and O–H groups in total. The molecule has 0 atom stereocenters. The number of pyridine rings is 4. The lowest BCUT2D eigenvalue weighted by molar-refractivity contribution is -0.612. The van der Waals surface area contributed by atoms with Crippen LogP contribution in [0.25, 0.3) is 0 Å². The van der Waals surface area contributed by atoms with E-state index in [4.69, 9.17) is 10.2 Å². The molecule has 0 spiro atoms. The van der Waals surface area contributed by atoms with Gasteiger partial charge in [-0.05, 0) is 49.2 Å². The van der Waals surface area contributed by atoms with Gasteiger partial charge in [-0.25, -0.2) is 0 Å². The van der Waals surface area contributed by atoms with E-state index in [0.717, 1.165) is 33.5 Å². The largest absolute Gasteiger partial charge is 0.619 e. The third-order valence-electron chi connectivity index (χ3n) is 4.81. The van der Waals surface area contributed by atoms with Crippen LogP contribution in [0.15, 0.2) is 73.3 Å². The molecule has 0 saturated heterocycles. The molecule has 0 aliphatic heterocycles. The fraction of sp³-hybridized carbons (Fsp3) is 0.214. The maximum absolute atomic E-state index is 10.7. The maximum atomic E-state index is 10.7. The Labute approximate surface area is 221 Å². The molecular formula is C28H32N4O6. The van der Waals surface area contributed by atoms with Gasteiger partial charge in [-0.15, -0.1) is 0 Å². The van der Waals surface area contributed by atoms with Crippen molar-refractivity contribution in [2.24, 2.45) is 0 Å². The molecule has 0 amide bonds. The second-order valence-electron chi connectivity index (χ2n) is 8.02. The highest BCUT2D eigenvalue weighted by molar-refractivity contribution is 5.74. The lowest BCUT2D eigenvalue weighted by Gasteiger charge is -2.00. The number of aldehydes is 2. The Bertz CT molecular complexity index is 1310. The molecule has 0 bridgehead atoms. The minimum absolute atomic E-state index is 0.0122. The van der Waals surface area contributed by atoms with Crippen molar-refractivity contribution in [1.29, 1.82) is 0 Å². The van der Waals surface area contributed by atoms with E-state index in [-0.39, 0.29) is 13.2 Å². The zero-order valence-corrected chi connectivity index (χ0v) is 21.8. The van der Waals surface area contributed by atoms with E-state index < -0.39 is 0 Å². The molecule has 0 aromatic carbocycles. The molecule has 0 fully saturated rings. The van der Waals surface area contributed by atoms with Crippen molar-refractivity contribution in [3.8, 4) is 0 Å². The Morgan fingerprint density at radius 1 is 0.684 bits per heavy atom. The molecule has 4 heterocycles. The van der Waals surface area contributed by atoms with Gasteiger partial charge in [0.15, 0.2) is 30.1 Å². The molecule has 0 unspecified atom stereocenters. The van der Waals surface area contributed by atoms with E-state index in [1.54, 1.807) is 62.6 Å². The molecule has 10 nitrogen and oxygen atoms in total. The predicted octanol–water partition coefficient (Wildman–Crippen LogP) is 2.65. The summed E-state index contributed by atoms with van der Waals surface area (Å²) in [6, 6.07) is 13.4. The molecule has 0 radical (unpaired) electrons. The van der Waals surface area contributed by atoms with Crippen molar-refractivity contribution in [3.05, 3.63) is 129 Å². The van der Waals surface area contributed by atoms with Crippen LogP contribution >= 0.6 is 0 Å². The smallest absolute Gasteiger partial charge is 0.190 e. The van der Waals surface area contributed by atoms with E-state index in [9.17, 15) is 20.0 Å². The van der Waals surface area contributed by atoms with Gasteiger partial charge in [0.05, 0.1) is 13.2 Å². The third-order valence-corrected chi connectivity index (χ3v) is 4.81. The summed E-state index contributed by atoms with van der Waals surface area (Å²) in [4.78, 5) is 28.2. The van der Waals surface area contributed by atoms with E-state index >= 15 is 0 Å². The van der Waals surface area contributed by atoms with Gasteiger partial charge >= 0.3 is 0 Å². The Hall–Kier alpha value is -4.54. The first-order valence-electron chi connectivity index (χ1n) is 11.5. The second kappa shape index (κ2) is 17.0. The van der Waals surface area contributed by atoms with Crippen LogP contribution < -0.4 is 9.46 Å². The van der Waals surface area contributed by atoms with Crippen molar-refractivity contribution in [2.45, 2.75) is 40.9 Å². The third kappa shape index (κ3) is 11.9. The Kier molecular flexibility index (Phi) is 14.1.